The van der Waals surface area contributed by atoms with Crippen LogP contribution in [-0.2, 0) is 58.6 Å². The third kappa shape index (κ3) is 18.3. The molecule has 2 unspecified atom stereocenters. The molecule has 0 saturated heterocycles. The van der Waals surface area contributed by atoms with Crippen molar-refractivity contribution in [3.63, 3.8) is 0 Å². The van der Waals surface area contributed by atoms with Crippen molar-refractivity contribution in [1.82, 2.24) is 0 Å². The van der Waals surface area contributed by atoms with Gasteiger partial charge in [-0.1, -0.05) is 202 Å². The van der Waals surface area contributed by atoms with Crippen molar-refractivity contribution in [2.24, 2.45) is 10.8 Å². The van der Waals surface area contributed by atoms with Crippen LogP contribution in [-0.4, -0.2) is 55.8 Å². The summed E-state index contributed by atoms with van der Waals surface area (Å²) in [4.78, 5) is 11.7. The number of aryl methyl sites for hydroxylation is 6. The van der Waals surface area contributed by atoms with Crippen molar-refractivity contribution in [3.05, 3.63) is 158 Å². The minimum atomic E-state index is -5.74. The third-order valence-electron chi connectivity index (χ3n) is 19.8. The van der Waals surface area contributed by atoms with Gasteiger partial charge in [-0.2, -0.15) is 21.6 Å². The van der Waals surface area contributed by atoms with Gasteiger partial charge in [-0.3, -0.25) is 4.79 Å². The summed E-state index contributed by atoms with van der Waals surface area (Å²) < 4.78 is 84.9. The van der Waals surface area contributed by atoms with Gasteiger partial charge in [0.2, 0.25) is 0 Å². The zero-order chi connectivity index (χ0) is 66.3. The van der Waals surface area contributed by atoms with E-state index in [9.17, 15) is 26.4 Å². The molecule has 87 heavy (non-hydrogen) atoms. The Morgan fingerprint density at radius 1 is 0.506 bits per heavy atom. The molecular formula is C74H111F3O7SSi2. The highest BCUT2D eigenvalue weighted by atomic mass is 32.2. The van der Waals surface area contributed by atoms with E-state index in [0.29, 0.717) is 12.0 Å². The monoisotopic (exact) mass is 1260 g/mol. The Kier molecular flexibility index (Phi) is 24.8. The van der Waals surface area contributed by atoms with Crippen LogP contribution in [0.4, 0.5) is 13.2 Å². The van der Waals surface area contributed by atoms with Gasteiger partial charge in [0.05, 0.1) is 25.7 Å². The van der Waals surface area contributed by atoms with Crippen LogP contribution >= 0.6 is 0 Å². The number of carbonyl (C=O) groups excluding carboxylic acids is 1. The first kappa shape index (κ1) is 74.9. The Morgan fingerprint density at radius 3 is 1.17 bits per heavy atom. The molecule has 0 fully saturated rings. The molecule has 5 aromatic carbocycles. The fourth-order valence-electron chi connectivity index (χ4n) is 11.5. The molecule has 0 radical (unpaired) electrons. The highest BCUT2D eigenvalue weighted by Crippen LogP contribution is 2.46. The molecule has 0 aromatic heterocycles. The summed E-state index contributed by atoms with van der Waals surface area (Å²) in [6, 6.07) is 33.8. The second-order valence-corrected chi connectivity index (χ2v) is 40.9. The van der Waals surface area contributed by atoms with Gasteiger partial charge in [0, 0.05) is 10.8 Å². The van der Waals surface area contributed by atoms with Crippen LogP contribution in [0, 0.1) is 38.5 Å². The van der Waals surface area contributed by atoms with E-state index >= 15 is 0 Å². The highest BCUT2D eigenvalue weighted by molar-refractivity contribution is 7.88. The SMILES string of the molecule is CCC(CC)(c1ccc(CCC(O[Si](C)(C)C(C)(C)C)C(C)(C)C)c(C)c1)c1ccc(-c2ccc(CC(=O)OC)cc2)c(C)c1.CCC(CC)(c1ccc(CCC(O[Si](C)(C)C(C)(C)C)C(C)(C)C)c(C)c1)c1ccc(OS(=O)(=O)C(F)(F)F)c(C)c1. The fourth-order valence-corrected chi connectivity index (χ4v) is 15.1. The second-order valence-electron chi connectivity index (χ2n) is 29.8. The van der Waals surface area contributed by atoms with E-state index in [4.69, 9.17) is 13.6 Å². The Balaban J connectivity index is 0.000000373. The van der Waals surface area contributed by atoms with Crippen LogP contribution in [0.15, 0.2) is 97.1 Å². The van der Waals surface area contributed by atoms with E-state index in [1.165, 1.54) is 57.7 Å². The van der Waals surface area contributed by atoms with Crippen molar-refractivity contribution < 1.29 is 44.2 Å². The summed E-state index contributed by atoms with van der Waals surface area (Å²) in [5, 5.41) is 0.331. The van der Waals surface area contributed by atoms with Crippen molar-refractivity contribution >= 4 is 32.7 Å². The predicted octanol–water partition coefficient (Wildman–Crippen LogP) is 21.2. The van der Waals surface area contributed by atoms with Gasteiger partial charge in [0.25, 0.3) is 0 Å². The molecule has 484 valence electrons. The van der Waals surface area contributed by atoms with Crippen molar-refractivity contribution in [2.75, 3.05) is 7.11 Å². The first-order valence-electron chi connectivity index (χ1n) is 31.7. The maximum Gasteiger partial charge on any atom is 0.534 e. The second kappa shape index (κ2) is 28.7. The van der Waals surface area contributed by atoms with Gasteiger partial charge in [-0.05, 0) is 205 Å². The zero-order valence-electron chi connectivity index (χ0n) is 58.2. The van der Waals surface area contributed by atoms with Gasteiger partial charge in [-0.15, -0.1) is 0 Å². The lowest BCUT2D eigenvalue weighted by atomic mass is 9.69. The average molecular weight is 1260 g/mol. The molecule has 0 heterocycles. The Bertz CT molecular complexity index is 3200. The van der Waals surface area contributed by atoms with Gasteiger partial charge in [0.1, 0.15) is 5.75 Å². The summed E-state index contributed by atoms with van der Waals surface area (Å²) in [7, 11) is -8.12. The molecule has 5 aromatic rings. The summed E-state index contributed by atoms with van der Waals surface area (Å²) in [6.07, 6.45) is 8.13. The number of benzene rings is 5. The zero-order valence-corrected chi connectivity index (χ0v) is 61.0. The number of halogens is 3. The number of methoxy groups -OCH3 is 1. The third-order valence-corrected chi connectivity index (χ3v) is 29.7. The molecule has 0 aliphatic rings. The van der Waals surface area contributed by atoms with Crippen LogP contribution in [0.5, 0.6) is 5.75 Å². The molecule has 0 amide bonds. The number of hydrogen-bond donors (Lipinski definition) is 0. The van der Waals surface area contributed by atoms with Crippen LogP contribution < -0.4 is 4.18 Å². The van der Waals surface area contributed by atoms with Crippen LogP contribution in [0.1, 0.15) is 211 Å². The number of esters is 1. The summed E-state index contributed by atoms with van der Waals surface area (Å²) in [6.45, 7) is 53.9. The lowest BCUT2D eigenvalue weighted by molar-refractivity contribution is -0.139. The summed E-state index contributed by atoms with van der Waals surface area (Å²) in [5.74, 6) is -0.538. The highest BCUT2D eigenvalue weighted by Gasteiger charge is 2.49. The Morgan fingerprint density at radius 2 is 0.862 bits per heavy atom. The van der Waals surface area contributed by atoms with E-state index in [2.05, 4.69) is 229 Å². The lowest BCUT2D eigenvalue weighted by Crippen LogP contribution is -2.47. The van der Waals surface area contributed by atoms with Crippen LogP contribution in [0.3, 0.4) is 0 Å². The molecule has 0 bridgehead atoms. The summed E-state index contributed by atoms with van der Waals surface area (Å²) in [5.41, 5.74) is 9.19. The molecule has 7 nitrogen and oxygen atoms in total. The van der Waals surface area contributed by atoms with E-state index < -0.39 is 37.7 Å². The van der Waals surface area contributed by atoms with Gasteiger partial charge < -0.3 is 17.8 Å². The molecule has 0 aliphatic carbocycles. The van der Waals surface area contributed by atoms with Crippen molar-refractivity contribution in [3.8, 4) is 16.9 Å². The molecule has 0 saturated carbocycles. The molecule has 0 N–H and O–H groups in total. The summed E-state index contributed by atoms with van der Waals surface area (Å²) >= 11 is 0. The molecule has 2 atom stereocenters. The number of alkyl halides is 3. The van der Waals surface area contributed by atoms with Crippen LogP contribution in [0.25, 0.3) is 11.1 Å². The maximum absolute atomic E-state index is 12.9. The molecule has 0 spiro atoms. The number of carbonyl (C=O) groups is 1. The largest absolute Gasteiger partial charge is 0.534 e. The minimum Gasteiger partial charge on any atom is -0.469 e. The van der Waals surface area contributed by atoms with Crippen molar-refractivity contribution in [2.45, 2.75) is 261 Å². The number of rotatable bonds is 23. The molecule has 0 aliphatic heterocycles. The lowest BCUT2D eigenvalue weighted by Gasteiger charge is -2.43. The molecular weight excluding hydrogens is 1150 g/mol. The topological polar surface area (TPSA) is 88.1 Å². The van der Waals surface area contributed by atoms with Crippen LogP contribution in [0.2, 0.25) is 36.3 Å². The maximum atomic E-state index is 12.9. The predicted molar refractivity (Wildman–Crippen MR) is 364 cm³/mol. The quantitative estimate of drug-likeness (QED) is 0.0279. The normalized spacial score (nSPS) is 14.1. The first-order valence-corrected chi connectivity index (χ1v) is 39.0. The molecule has 5 rings (SSSR count). The standard InChI is InChI=1S/C41H60O3Si.C33H51F3O4SSi/c1-14-41(15-2,35-23-24-36(30(4)27-35)33-18-16-31(17-19-33)28-38(42)43-11)34-22-20-32(29(3)26-34)21-25-37(39(5,6)7)44-45(12,13)40(8,9)10;1-13-32(14-2,27-18-19-28(24(4)22-27)39-41(37,38)33(34,35)36)26-17-15-25(23(3)21-26)16-20-29(30(5,6)7)40-42(11,12)31(8,9)10/h16-20,22-24,26-27,37H,14-15,21,25,28H2,1-13H3;15,17-19,21-22,29H,13-14,16,20H2,1-12H3. The Hall–Kier alpha value is -4.54. The van der Waals surface area contributed by atoms with Gasteiger partial charge >= 0.3 is 21.6 Å². The van der Waals surface area contributed by atoms with E-state index in [0.717, 1.165) is 73.6 Å². The van der Waals surface area contributed by atoms with Gasteiger partial charge in [0.15, 0.2) is 16.6 Å². The fraction of sp³-hybridized carbons (Fsp3) is 0.581. The average Bonchev–Trinajstić information content (AvgIpc) is 0.893. The number of hydrogen-bond acceptors (Lipinski definition) is 7. The van der Waals surface area contributed by atoms with E-state index in [-0.39, 0.29) is 50.2 Å². The Labute approximate surface area is 528 Å². The van der Waals surface area contributed by atoms with E-state index in [1.54, 1.807) is 19.1 Å². The smallest absolute Gasteiger partial charge is 0.469 e. The van der Waals surface area contributed by atoms with Gasteiger partial charge in [-0.25, -0.2) is 0 Å². The minimum absolute atomic E-state index is 0.0100. The molecule has 13 heteroatoms. The first-order chi connectivity index (χ1) is 39.8. The van der Waals surface area contributed by atoms with E-state index in [1.807, 2.05) is 12.1 Å². The van der Waals surface area contributed by atoms with Crippen molar-refractivity contribution in [1.29, 1.82) is 0 Å². The number of ether oxygens (including phenoxy) is 1.